The van der Waals surface area contributed by atoms with Crippen molar-refractivity contribution in [3.8, 4) is 11.1 Å². The maximum absolute atomic E-state index is 2.44. The molecule has 6 aromatic carbocycles. The lowest BCUT2D eigenvalue weighted by atomic mass is 9.79. The van der Waals surface area contributed by atoms with E-state index in [0.29, 0.717) is 0 Å². The molecule has 124 valence electrons. The van der Waals surface area contributed by atoms with E-state index >= 15 is 0 Å². The summed E-state index contributed by atoms with van der Waals surface area (Å²) in [4.78, 5) is 0. The lowest BCUT2D eigenvalue weighted by molar-refractivity contribution is 1.20. The van der Waals surface area contributed by atoms with Crippen molar-refractivity contribution in [3.05, 3.63) is 96.1 Å². The molecule has 0 spiro atoms. The summed E-state index contributed by atoms with van der Waals surface area (Å²) in [6, 6.07) is 31.7. The van der Waals surface area contributed by atoms with Gasteiger partial charge in [-0.15, -0.1) is 0 Å². The average Bonchev–Trinajstić information content (AvgIpc) is 2.73. The molecule has 0 saturated carbocycles. The molecular weight excluding hydrogens is 324 g/mol. The first-order chi connectivity index (χ1) is 13.4. The molecule has 0 heterocycles. The Morgan fingerprint density at radius 2 is 1.15 bits per heavy atom. The standard InChI is InChI=1S/C27H16/c1-2-9-19-17(6-1)14-18-15-24(19)27-23-13-4-8-16-7-3-11-21(25(16)23)22-12-5-10-20(18)26(22)27/h1-13,15H,14H2. The van der Waals surface area contributed by atoms with Gasteiger partial charge in [-0.2, -0.15) is 0 Å². The Kier molecular flexibility index (Phi) is 2.38. The van der Waals surface area contributed by atoms with Crippen LogP contribution >= 0.6 is 0 Å². The second-order valence-corrected chi connectivity index (χ2v) is 7.73. The van der Waals surface area contributed by atoms with Gasteiger partial charge in [0.25, 0.3) is 0 Å². The molecular formula is C27H16. The average molecular weight is 340 g/mol. The highest BCUT2D eigenvalue weighted by Crippen LogP contribution is 2.48. The maximum Gasteiger partial charge on any atom is -0.00132 e. The normalized spacial score (nSPS) is 13.0. The van der Waals surface area contributed by atoms with E-state index in [9.17, 15) is 0 Å². The molecule has 1 aliphatic rings. The zero-order valence-corrected chi connectivity index (χ0v) is 14.8. The van der Waals surface area contributed by atoms with Gasteiger partial charge >= 0.3 is 0 Å². The van der Waals surface area contributed by atoms with Gasteiger partial charge in [-0.25, -0.2) is 0 Å². The van der Waals surface area contributed by atoms with Gasteiger partial charge in [-0.3, -0.25) is 0 Å². The predicted molar refractivity (Wildman–Crippen MR) is 116 cm³/mol. The topological polar surface area (TPSA) is 0 Å². The van der Waals surface area contributed by atoms with Crippen molar-refractivity contribution in [1.29, 1.82) is 0 Å². The summed E-state index contributed by atoms with van der Waals surface area (Å²) < 4.78 is 0. The fourth-order valence-electron chi connectivity index (χ4n) is 5.33. The zero-order valence-electron chi connectivity index (χ0n) is 14.8. The Morgan fingerprint density at radius 1 is 0.444 bits per heavy atom. The second kappa shape index (κ2) is 4.66. The highest BCUT2D eigenvalue weighted by molar-refractivity contribution is 6.35. The monoisotopic (exact) mass is 340 g/mol. The molecule has 0 amide bonds. The SMILES string of the molecule is c1ccc2c(c1)Cc1cc-2c2c3cccc4cccc(c5cccc1c52)c43. The highest BCUT2D eigenvalue weighted by Gasteiger charge is 2.22. The van der Waals surface area contributed by atoms with Gasteiger partial charge in [-0.1, -0.05) is 78.9 Å². The molecule has 2 bridgehead atoms. The number of hydrogen-bond donors (Lipinski definition) is 0. The van der Waals surface area contributed by atoms with Crippen LogP contribution < -0.4 is 0 Å². The van der Waals surface area contributed by atoms with Gasteiger partial charge in [-0.05, 0) is 77.8 Å². The minimum atomic E-state index is 1.02. The summed E-state index contributed by atoms with van der Waals surface area (Å²) >= 11 is 0. The van der Waals surface area contributed by atoms with Crippen LogP contribution in [0.1, 0.15) is 11.1 Å². The number of fused-ring (bicyclic) bond motifs is 8. The number of hydrogen-bond acceptors (Lipinski definition) is 0. The minimum Gasteiger partial charge on any atom is -0.0619 e. The molecule has 0 fully saturated rings. The van der Waals surface area contributed by atoms with E-state index in [-0.39, 0.29) is 0 Å². The number of rotatable bonds is 0. The summed E-state index contributed by atoms with van der Waals surface area (Å²) in [6.45, 7) is 0. The van der Waals surface area contributed by atoms with Crippen LogP contribution in [0.4, 0.5) is 0 Å². The number of benzene rings is 6. The van der Waals surface area contributed by atoms with Crippen molar-refractivity contribution in [2.75, 3.05) is 0 Å². The Labute approximate surface area is 157 Å². The Balaban J connectivity index is 1.89. The van der Waals surface area contributed by atoms with Crippen LogP contribution in [0.15, 0.2) is 84.9 Å². The lowest BCUT2D eigenvalue weighted by Crippen LogP contribution is -2.02. The first-order valence-electron chi connectivity index (χ1n) is 9.59. The Morgan fingerprint density at radius 3 is 2.04 bits per heavy atom. The van der Waals surface area contributed by atoms with E-state index in [4.69, 9.17) is 0 Å². The predicted octanol–water partition coefficient (Wildman–Crippen LogP) is 7.31. The quantitative estimate of drug-likeness (QED) is 0.200. The van der Waals surface area contributed by atoms with E-state index < -0.39 is 0 Å². The van der Waals surface area contributed by atoms with Gasteiger partial charge in [0.2, 0.25) is 0 Å². The van der Waals surface area contributed by atoms with Crippen molar-refractivity contribution < 1.29 is 0 Å². The van der Waals surface area contributed by atoms with E-state index in [1.165, 1.54) is 65.3 Å². The lowest BCUT2D eigenvalue weighted by Gasteiger charge is -2.24. The van der Waals surface area contributed by atoms with E-state index in [1.54, 1.807) is 0 Å². The van der Waals surface area contributed by atoms with Crippen molar-refractivity contribution >= 4 is 43.1 Å². The Bertz CT molecular complexity index is 1530. The largest absolute Gasteiger partial charge is 0.0619 e. The van der Waals surface area contributed by atoms with Crippen LogP contribution in [0, 0.1) is 0 Å². The molecule has 0 unspecified atom stereocenters. The van der Waals surface area contributed by atoms with Crippen molar-refractivity contribution in [2.24, 2.45) is 0 Å². The van der Waals surface area contributed by atoms with Crippen molar-refractivity contribution in [3.63, 3.8) is 0 Å². The molecule has 6 aromatic rings. The smallest absolute Gasteiger partial charge is 0.00132 e. The third-order valence-corrected chi connectivity index (χ3v) is 6.40. The molecule has 7 rings (SSSR count). The molecule has 0 aromatic heterocycles. The van der Waals surface area contributed by atoms with Gasteiger partial charge in [0.15, 0.2) is 0 Å². The third kappa shape index (κ3) is 1.60. The summed E-state index contributed by atoms with van der Waals surface area (Å²) in [6.07, 6.45) is 1.02. The fourth-order valence-corrected chi connectivity index (χ4v) is 5.33. The molecule has 0 N–H and O–H groups in total. The van der Waals surface area contributed by atoms with Crippen LogP contribution in [0.2, 0.25) is 0 Å². The van der Waals surface area contributed by atoms with Crippen LogP contribution in [0.3, 0.4) is 0 Å². The van der Waals surface area contributed by atoms with Crippen LogP contribution in [-0.4, -0.2) is 0 Å². The highest BCUT2D eigenvalue weighted by atomic mass is 14.3. The molecule has 0 radical (unpaired) electrons. The van der Waals surface area contributed by atoms with Crippen LogP contribution in [0.25, 0.3) is 54.2 Å². The van der Waals surface area contributed by atoms with Gasteiger partial charge < -0.3 is 0 Å². The molecule has 27 heavy (non-hydrogen) atoms. The Hall–Kier alpha value is -3.38. The van der Waals surface area contributed by atoms with Crippen LogP contribution in [-0.2, 0) is 6.42 Å². The summed E-state index contributed by atoms with van der Waals surface area (Å²) in [7, 11) is 0. The van der Waals surface area contributed by atoms with Gasteiger partial charge in [0.05, 0.1) is 0 Å². The minimum absolute atomic E-state index is 1.02. The molecule has 0 nitrogen and oxygen atoms in total. The summed E-state index contributed by atoms with van der Waals surface area (Å²) in [5.74, 6) is 0. The van der Waals surface area contributed by atoms with Crippen molar-refractivity contribution in [1.82, 2.24) is 0 Å². The maximum atomic E-state index is 2.44. The van der Waals surface area contributed by atoms with Gasteiger partial charge in [0.1, 0.15) is 0 Å². The van der Waals surface area contributed by atoms with Crippen molar-refractivity contribution in [2.45, 2.75) is 6.42 Å². The van der Waals surface area contributed by atoms with E-state index in [2.05, 4.69) is 84.9 Å². The first-order valence-corrected chi connectivity index (χ1v) is 9.59. The van der Waals surface area contributed by atoms with Gasteiger partial charge in [0, 0.05) is 0 Å². The zero-order chi connectivity index (χ0) is 17.5. The molecule has 0 heteroatoms. The first kappa shape index (κ1) is 13.8. The van der Waals surface area contributed by atoms with E-state index in [0.717, 1.165) is 6.42 Å². The van der Waals surface area contributed by atoms with E-state index in [1.807, 2.05) is 0 Å². The molecule has 0 saturated heterocycles. The molecule has 1 aliphatic carbocycles. The summed E-state index contributed by atoms with van der Waals surface area (Å²) in [5.41, 5.74) is 5.69. The third-order valence-electron chi connectivity index (χ3n) is 6.40. The molecule has 0 atom stereocenters. The van der Waals surface area contributed by atoms with Crippen LogP contribution in [0.5, 0.6) is 0 Å². The fraction of sp³-hybridized carbons (Fsp3) is 0.0370. The second-order valence-electron chi connectivity index (χ2n) is 7.73. The molecule has 0 aliphatic heterocycles. The summed E-state index contributed by atoms with van der Waals surface area (Å²) in [5, 5.41) is 11.1.